The quantitative estimate of drug-likeness (QED) is 0.678. The van der Waals surface area contributed by atoms with E-state index in [-0.39, 0.29) is 15.9 Å². The molecular formula is C11H11BeNO. The first-order chi connectivity index (χ1) is 6.38. The van der Waals surface area contributed by atoms with Crippen LogP contribution < -0.4 is 0 Å². The van der Waals surface area contributed by atoms with Gasteiger partial charge in [-0.25, -0.2) is 0 Å². The van der Waals surface area contributed by atoms with E-state index >= 15 is 0 Å². The van der Waals surface area contributed by atoms with E-state index in [4.69, 9.17) is 0 Å². The van der Waals surface area contributed by atoms with Crippen LogP contribution in [0.4, 0.5) is 0 Å². The summed E-state index contributed by atoms with van der Waals surface area (Å²) in [6, 6.07) is 12.8. The molecule has 0 bridgehead atoms. The number of para-hydroxylation sites is 1. The van der Waals surface area contributed by atoms with Crippen molar-refractivity contribution in [2.24, 2.45) is 0 Å². The third-order valence-electron chi connectivity index (χ3n) is 1.84. The Kier molecular flexibility index (Phi) is 3.38. The first-order valence-electron chi connectivity index (χ1n) is 4.07. The van der Waals surface area contributed by atoms with Gasteiger partial charge >= 0.3 is 10.1 Å². The molecule has 1 aromatic carbocycles. The van der Waals surface area contributed by atoms with Gasteiger partial charge in [-0.3, -0.25) is 4.98 Å². The molecule has 3 heteroatoms. The summed E-state index contributed by atoms with van der Waals surface area (Å²) < 4.78 is 0. The Morgan fingerprint density at radius 1 is 0.929 bits per heavy atom. The summed E-state index contributed by atoms with van der Waals surface area (Å²) in [6.07, 6.45) is 1.71. The Morgan fingerprint density at radius 3 is 2.29 bits per heavy atom. The number of phenolic OH excluding ortho intramolecular Hbond substituents is 1. The van der Waals surface area contributed by atoms with Crippen LogP contribution in [-0.2, 0) is 0 Å². The van der Waals surface area contributed by atoms with Gasteiger partial charge in [-0.1, -0.05) is 18.2 Å². The average molecular weight is 182 g/mol. The second kappa shape index (κ2) is 4.54. The summed E-state index contributed by atoms with van der Waals surface area (Å²) in [5.41, 5.74) is 1.56. The Labute approximate surface area is 86.5 Å². The number of nitrogens with zero attached hydrogens (tertiary/aromatic N) is 1. The van der Waals surface area contributed by atoms with E-state index < -0.39 is 0 Å². The SMILES string of the molecule is Oc1ccccc1-c1ccccn1.[BeH2]. The monoisotopic (exact) mass is 182 g/mol. The van der Waals surface area contributed by atoms with Gasteiger partial charge in [-0.05, 0) is 24.3 Å². The number of pyridine rings is 1. The fourth-order valence-electron chi connectivity index (χ4n) is 1.21. The normalized spacial score (nSPS) is 9.14. The van der Waals surface area contributed by atoms with Gasteiger partial charge in [-0.15, -0.1) is 0 Å². The van der Waals surface area contributed by atoms with Crippen molar-refractivity contribution in [1.29, 1.82) is 0 Å². The van der Waals surface area contributed by atoms with Crippen LogP contribution in [0.2, 0.25) is 0 Å². The van der Waals surface area contributed by atoms with Crippen molar-refractivity contribution in [3.05, 3.63) is 48.7 Å². The number of rotatable bonds is 1. The Hall–Kier alpha value is -1.66. The third kappa shape index (κ3) is 1.98. The Bertz CT molecular complexity index is 403. The predicted molar refractivity (Wildman–Crippen MR) is 59.9 cm³/mol. The van der Waals surface area contributed by atoms with E-state index in [1.807, 2.05) is 30.3 Å². The zero-order valence-electron chi connectivity index (χ0n) is 7.01. The number of phenols is 1. The van der Waals surface area contributed by atoms with Crippen LogP contribution in [0.25, 0.3) is 11.3 Å². The number of benzene rings is 1. The summed E-state index contributed by atoms with van der Waals surface area (Å²) in [7, 11) is 0. The molecule has 0 aliphatic heterocycles. The molecule has 0 amide bonds. The minimum absolute atomic E-state index is 0. The molecule has 0 fully saturated rings. The molecule has 2 nitrogen and oxygen atoms in total. The van der Waals surface area contributed by atoms with Crippen molar-refractivity contribution in [3.63, 3.8) is 0 Å². The van der Waals surface area contributed by atoms with E-state index in [9.17, 15) is 5.11 Å². The maximum atomic E-state index is 9.52. The van der Waals surface area contributed by atoms with Gasteiger partial charge in [-0.2, -0.15) is 0 Å². The average Bonchev–Trinajstić information content (AvgIpc) is 2.20. The Balaban J connectivity index is 0.000000980. The molecule has 0 aliphatic rings. The molecule has 2 rings (SSSR count). The molecule has 0 saturated heterocycles. The van der Waals surface area contributed by atoms with Crippen LogP contribution in [0.5, 0.6) is 5.75 Å². The summed E-state index contributed by atoms with van der Waals surface area (Å²) in [4.78, 5) is 4.15. The molecule has 1 heterocycles. The molecule has 0 radical (unpaired) electrons. The molecule has 1 aromatic heterocycles. The van der Waals surface area contributed by atoms with Gasteiger partial charge in [0, 0.05) is 11.8 Å². The van der Waals surface area contributed by atoms with E-state index in [0.29, 0.717) is 0 Å². The zero-order chi connectivity index (χ0) is 9.10. The molecule has 68 valence electrons. The van der Waals surface area contributed by atoms with E-state index in [1.54, 1.807) is 18.3 Å². The van der Waals surface area contributed by atoms with E-state index in [2.05, 4.69) is 4.98 Å². The second-order valence-corrected chi connectivity index (χ2v) is 2.73. The van der Waals surface area contributed by atoms with Gasteiger partial charge in [0.2, 0.25) is 0 Å². The fourth-order valence-corrected chi connectivity index (χ4v) is 1.21. The first-order valence-corrected chi connectivity index (χ1v) is 4.07. The van der Waals surface area contributed by atoms with Gasteiger partial charge in [0.25, 0.3) is 0 Å². The van der Waals surface area contributed by atoms with Gasteiger partial charge < -0.3 is 5.11 Å². The van der Waals surface area contributed by atoms with Crippen LogP contribution in [0.1, 0.15) is 0 Å². The van der Waals surface area contributed by atoms with Crippen molar-refractivity contribution in [3.8, 4) is 17.0 Å². The first kappa shape index (κ1) is 10.4. The standard InChI is InChI=1S/C11H9NO.Be.2H/c13-11-7-2-1-5-9(11)10-6-3-4-8-12-10;;;/h1-8,13H;;;. The van der Waals surface area contributed by atoms with Crippen molar-refractivity contribution >= 4 is 10.1 Å². The minimum atomic E-state index is 0. The molecule has 0 saturated carbocycles. The van der Waals surface area contributed by atoms with Crippen molar-refractivity contribution in [2.75, 3.05) is 0 Å². The predicted octanol–water partition coefficient (Wildman–Crippen LogP) is 1.54. The summed E-state index contributed by atoms with van der Waals surface area (Å²) >= 11 is 0. The summed E-state index contributed by atoms with van der Waals surface area (Å²) in [5.74, 6) is 0.265. The number of hydrogen-bond acceptors (Lipinski definition) is 2. The van der Waals surface area contributed by atoms with Crippen molar-refractivity contribution in [2.45, 2.75) is 0 Å². The Morgan fingerprint density at radius 2 is 1.64 bits per heavy atom. The van der Waals surface area contributed by atoms with E-state index in [1.165, 1.54) is 0 Å². The van der Waals surface area contributed by atoms with Crippen molar-refractivity contribution in [1.82, 2.24) is 4.98 Å². The van der Waals surface area contributed by atoms with Crippen LogP contribution in [-0.4, -0.2) is 20.2 Å². The molecule has 0 atom stereocenters. The summed E-state index contributed by atoms with van der Waals surface area (Å²) in [5, 5.41) is 9.52. The molecule has 2 aromatic rings. The van der Waals surface area contributed by atoms with Crippen LogP contribution in [0.15, 0.2) is 48.7 Å². The van der Waals surface area contributed by atoms with E-state index in [0.717, 1.165) is 11.3 Å². The van der Waals surface area contributed by atoms with Crippen molar-refractivity contribution < 1.29 is 5.11 Å². The summed E-state index contributed by atoms with van der Waals surface area (Å²) in [6.45, 7) is 0. The van der Waals surface area contributed by atoms with Gasteiger partial charge in [0.05, 0.1) is 5.69 Å². The van der Waals surface area contributed by atoms with Gasteiger partial charge in [0.1, 0.15) is 5.75 Å². The molecular weight excluding hydrogens is 171 g/mol. The molecule has 0 spiro atoms. The fraction of sp³-hybridized carbons (Fsp3) is 0. The van der Waals surface area contributed by atoms with Crippen LogP contribution >= 0.6 is 0 Å². The zero-order valence-corrected chi connectivity index (χ0v) is 7.01. The molecule has 1 N–H and O–H groups in total. The maximum absolute atomic E-state index is 9.52. The number of aromatic hydroxyl groups is 1. The molecule has 0 aliphatic carbocycles. The van der Waals surface area contributed by atoms with Gasteiger partial charge in [0.15, 0.2) is 0 Å². The number of aromatic nitrogens is 1. The van der Waals surface area contributed by atoms with Crippen LogP contribution in [0, 0.1) is 0 Å². The topological polar surface area (TPSA) is 33.1 Å². The number of hydrogen-bond donors (Lipinski definition) is 1. The second-order valence-electron chi connectivity index (χ2n) is 2.73. The molecule has 14 heavy (non-hydrogen) atoms. The third-order valence-corrected chi connectivity index (χ3v) is 1.84. The van der Waals surface area contributed by atoms with Crippen LogP contribution in [0.3, 0.4) is 0 Å². The molecule has 0 unspecified atom stereocenters.